The first kappa shape index (κ1) is 29.0. The summed E-state index contributed by atoms with van der Waals surface area (Å²) in [5, 5.41) is 24.4. The molecule has 36 heavy (non-hydrogen) atoms. The number of aryl methyl sites for hydroxylation is 1. The van der Waals surface area contributed by atoms with E-state index in [0.29, 0.717) is 4.90 Å². The summed E-state index contributed by atoms with van der Waals surface area (Å²) in [7, 11) is -4.24. The van der Waals surface area contributed by atoms with Gasteiger partial charge in [0.05, 0.1) is 34.1 Å². The van der Waals surface area contributed by atoms with Crippen LogP contribution in [-0.2, 0) is 15.2 Å². The molecule has 3 aromatic carbocycles. The fourth-order valence-electron chi connectivity index (χ4n) is 4.44. The number of benzene rings is 3. The fourth-order valence-corrected chi connectivity index (χ4v) is 10.9. The fraction of sp³-hybridized carbons (Fsp3) is 0.379. The zero-order valence-corrected chi connectivity index (χ0v) is 25.1. The van der Waals surface area contributed by atoms with Gasteiger partial charge in [-0.25, -0.2) is 0 Å². The van der Waals surface area contributed by atoms with Gasteiger partial charge in [-0.3, -0.25) is 4.21 Å². The van der Waals surface area contributed by atoms with E-state index in [1.54, 1.807) is 19.1 Å². The first-order valence-electron chi connectivity index (χ1n) is 12.1. The second kappa shape index (κ2) is 11.8. The van der Waals surface area contributed by atoms with Crippen LogP contribution in [0.4, 0.5) is 0 Å². The Bertz CT molecular complexity index is 1090. The normalized spacial score (nSPS) is 16.7. The molecule has 0 amide bonds. The van der Waals surface area contributed by atoms with Gasteiger partial charge in [0, 0.05) is 4.90 Å². The molecule has 0 aliphatic carbocycles. The van der Waals surface area contributed by atoms with Crippen LogP contribution < -0.4 is 10.4 Å². The van der Waals surface area contributed by atoms with Crippen molar-refractivity contribution in [2.24, 2.45) is 0 Å². The van der Waals surface area contributed by atoms with E-state index in [4.69, 9.17) is 4.43 Å². The summed E-state index contributed by atoms with van der Waals surface area (Å²) < 4.78 is 19.8. The Hall–Kier alpha value is -1.61. The van der Waals surface area contributed by atoms with Gasteiger partial charge in [0.15, 0.2) is 0 Å². The number of aliphatic hydroxyl groups is 2. The Morgan fingerprint density at radius 3 is 1.81 bits per heavy atom. The van der Waals surface area contributed by atoms with E-state index in [-0.39, 0.29) is 17.4 Å². The van der Waals surface area contributed by atoms with Crippen molar-refractivity contribution in [2.45, 2.75) is 61.1 Å². The van der Waals surface area contributed by atoms with Gasteiger partial charge >= 0.3 is 0 Å². The minimum atomic E-state index is -2.80. The van der Waals surface area contributed by atoms with Crippen LogP contribution in [0.2, 0.25) is 5.04 Å². The lowest BCUT2D eigenvalue weighted by Gasteiger charge is -2.44. The van der Waals surface area contributed by atoms with Crippen molar-refractivity contribution in [2.75, 3.05) is 12.4 Å². The maximum absolute atomic E-state index is 12.9. The summed E-state index contributed by atoms with van der Waals surface area (Å²) in [4.78, 5) is 0.0433. The molecule has 1 unspecified atom stereocenters. The maximum atomic E-state index is 12.9. The molecular weight excluding hydrogens is 552 g/mol. The molecule has 0 heterocycles. The van der Waals surface area contributed by atoms with Crippen LogP contribution in [-0.4, -0.2) is 51.6 Å². The van der Waals surface area contributed by atoms with Crippen molar-refractivity contribution < 1.29 is 18.8 Å². The molecule has 0 saturated carbocycles. The summed E-state index contributed by atoms with van der Waals surface area (Å²) >= 11 is 3.61. The molecule has 0 spiro atoms. The number of hydrogen-bond acceptors (Lipinski definition) is 4. The summed E-state index contributed by atoms with van der Waals surface area (Å²) in [5.41, 5.74) is -0.490. The highest BCUT2D eigenvalue weighted by molar-refractivity contribution is 9.09. The van der Waals surface area contributed by atoms with Crippen molar-refractivity contribution in [1.82, 2.24) is 0 Å². The zero-order chi connectivity index (χ0) is 26.6. The average Bonchev–Trinajstić information content (AvgIpc) is 2.85. The van der Waals surface area contributed by atoms with Crippen molar-refractivity contribution in [3.63, 3.8) is 0 Å². The Morgan fingerprint density at radius 1 is 0.889 bits per heavy atom. The third-order valence-electron chi connectivity index (χ3n) is 6.76. The smallest absolute Gasteiger partial charge is 0.261 e. The molecule has 0 aliphatic heterocycles. The quantitative estimate of drug-likeness (QED) is 0.269. The van der Waals surface area contributed by atoms with E-state index < -0.39 is 35.6 Å². The highest BCUT2D eigenvalue weighted by Crippen LogP contribution is 2.37. The average molecular weight is 590 g/mol. The lowest BCUT2D eigenvalue weighted by molar-refractivity contribution is -0.0557. The summed E-state index contributed by atoms with van der Waals surface area (Å²) in [6.45, 7) is 10.3. The van der Waals surface area contributed by atoms with Crippen LogP contribution in [0.15, 0.2) is 89.8 Å². The molecule has 4 nitrogen and oxygen atoms in total. The number of hydrogen-bond donors (Lipinski definition) is 2. The van der Waals surface area contributed by atoms with Crippen LogP contribution in [0.1, 0.15) is 33.3 Å². The van der Waals surface area contributed by atoms with Crippen LogP contribution in [0.5, 0.6) is 0 Å². The van der Waals surface area contributed by atoms with E-state index in [2.05, 4.69) is 61.0 Å². The lowest BCUT2D eigenvalue weighted by Crippen LogP contribution is -2.67. The van der Waals surface area contributed by atoms with Gasteiger partial charge in [0.2, 0.25) is 0 Å². The first-order chi connectivity index (χ1) is 16.9. The number of alkyl halides is 1. The minimum absolute atomic E-state index is 0.0720. The predicted molar refractivity (Wildman–Crippen MR) is 155 cm³/mol. The van der Waals surface area contributed by atoms with E-state index in [1.165, 1.54) is 0 Å². The summed E-state index contributed by atoms with van der Waals surface area (Å²) in [5.74, 6) is -0.0720. The molecular formula is C29H37BrO4SSi. The highest BCUT2D eigenvalue weighted by Gasteiger charge is 2.51. The third kappa shape index (κ3) is 6.26. The Balaban J connectivity index is 1.85. The topological polar surface area (TPSA) is 66.8 Å². The molecule has 0 aliphatic rings. The van der Waals surface area contributed by atoms with Crippen LogP contribution >= 0.6 is 15.9 Å². The maximum Gasteiger partial charge on any atom is 0.261 e. The molecule has 0 fully saturated rings. The molecule has 2 N–H and O–H groups in total. The first-order valence-corrected chi connectivity index (χ1v) is 16.3. The van der Waals surface area contributed by atoms with Crippen molar-refractivity contribution >= 4 is 45.4 Å². The van der Waals surface area contributed by atoms with Gasteiger partial charge in [0.1, 0.15) is 5.60 Å². The SMILES string of the molecule is Cc1ccc(S(=O)C[C@H](O)[C@@](C)(O)[C@@H](Br)CO[Si](c2ccccc2)(c2ccccc2)C(C)(C)C)cc1. The zero-order valence-electron chi connectivity index (χ0n) is 21.6. The Kier molecular flexibility index (Phi) is 9.52. The standard InChI is InChI=1S/C29H37BrO4SSi/c1-22-16-18-23(19-17-22)35(33)21-27(31)29(5,32)26(30)20-34-36(28(2,3)4,24-12-8-6-9-13-24)25-14-10-7-11-15-25/h6-19,26-27,31-32H,20-21H2,1-5H3/t26-,27-,29-,35?/m0/s1. The second-order valence-corrected chi connectivity index (χ2v) is 17.4. The molecule has 3 aromatic rings. The van der Waals surface area contributed by atoms with Gasteiger partial charge in [-0.05, 0) is 41.4 Å². The van der Waals surface area contributed by atoms with E-state index in [1.807, 2.05) is 55.5 Å². The molecule has 4 atom stereocenters. The monoisotopic (exact) mass is 588 g/mol. The summed E-state index contributed by atoms with van der Waals surface area (Å²) in [6.07, 6.45) is -1.22. The molecule has 0 aromatic heterocycles. The molecule has 0 radical (unpaired) electrons. The van der Waals surface area contributed by atoms with Crippen LogP contribution in [0, 0.1) is 6.92 Å². The van der Waals surface area contributed by atoms with Gasteiger partial charge < -0.3 is 14.6 Å². The van der Waals surface area contributed by atoms with E-state index >= 15 is 0 Å². The van der Waals surface area contributed by atoms with E-state index in [9.17, 15) is 14.4 Å². The molecule has 194 valence electrons. The highest BCUT2D eigenvalue weighted by atomic mass is 79.9. The van der Waals surface area contributed by atoms with Gasteiger partial charge in [0.25, 0.3) is 8.32 Å². The predicted octanol–water partition coefficient (Wildman–Crippen LogP) is 4.55. The Morgan fingerprint density at radius 2 is 1.36 bits per heavy atom. The lowest BCUT2D eigenvalue weighted by atomic mass is 9.97. The molecule has 7 heteroatoms. The molecule has 0 bridgehead atoms. The van der Waals surface area contributed by atoms with Crippen molar-refractivity contribution in [3.05, 3.63) is 90.5 Å². The van der Waals surface area contributed by atoms with Crippen molar-refractivity contribution in [1.29, 1.82) is 0 Å². The van der Waals surface area contributed by atoms with Gasteiger partial charge in [-0.2, -0.15) is 0 Å². The van der Waals surface area contributed by atoms with E-state index in [0.717, 1.165) is 15.9 Å². The number of halogens is 1. The minimum Gasteiger partial charge on any atom is -0.406 e. The van der Waals surface area contributed by atoms with Gasteiger partial charge in [-0.1, -0.05) is 115 Å². The van der Waals surface area contributed by atoms with Crippen LogP contribution in [0.3, 0.4) is 0 Å². The third-order valence-corrected chi connectivity index (χ3v) is 14.4. The summed E-state index contributed by atoms with van der Waals surface area (Å²) in [6, 6.07) is 28.0. The van der Waals surface area contributed by atoms with Gasteiger partial charge in [-0.15, -0.1) is 0 Å². The second-order valence-electron chi connectivity index (χ2n) is 10.5. The largest absolute Gasteiger partial charge is 0.406 e. The molecule has 3 rings (SSSR count). The number of rotatable bonds is 10. The van der Waals surface area contributed by atoms with Crippen LogP contribution in [0.25, 0.3) is 0 Å². The molecule has 0 saturated heterocycles. The van der Waals surface area contributed by atoms with Crippen molar-refractivity contribution in [3.8, 4) is 0 Å². The Labute approximate surface area is 227 Å². The number of aliphatic hydroxyl groups excluding tert-OH is 1.